The van der Waals surface area contributed by atoms with E-state index < -0.39 is 0 Å². The van der Waals surface area contributed by atoms with Gasteiger partial charge in [-0.05, 0) is 18.2 Å². The second-order valence-electron chi connectivity index (χ2n) is 3.58. The van der Waals surface area contributed by atoms with E-state index in [0.717, 1.165) is 25.1 Å². The van der Waals surface area contributed by atoms with E-state index in [2.05, 4.69) is 4.90 Å². The number of carbonyl (C=O) groups is 1. The Labute approximate surface area is 93.6 Å². The van der Waals surface area contributed by atoms with Gasteiger partial charge in [0.25, 0.3) is 0 Å². The van der Waals surface area contributed by atoms with Crippen LogP contribution in [0.5, 0.6) is 0 Å². The highest BCUT2D eigenvalue weighted by atomic mass is 35.5. The SMILES string of the molecule is COC1CN(c2cc(Cl)ccc2C=O)C1. The molecule has 1 heterocycles. The lowest BCUT2D eigenvalue weighted by Gasteiger charge is -2.40. The van der Waals surface area contributed by atoms with E-state index in [4.69, 9.17) is 16.3 Å². The maximum Gasteiger partial charge on any atom is 0.152 e. The first-order chi connectivity index (χ1) is 7.24. The Kier molecular flexibility index (Phi) is 2.93. The molecule has 0 radical (unpaired) electrons. The Morgan fingerprint density at radius 1 is 1.53 bits per heavy atom. The lowest BCUT2D eigenvalue weighted by atomic mass is 10.1. The van der Waals surface area contributed by atoms with Crippen molar-refractivity contribution in [2.45, 2.75) is 6.10 Å². The zero-order chi connectivity index (χ0) is 10.8. The van der Waals surface area contributed by atoms with Gasteiger partial charge >= 0.3 is 0 Å². The molecule has 0 saturated carbocycles. The van der Waals surface area contributed by atoms with Crippen molar-refractivity contribution in [2.75, 3.05) is 25.1 Å². The second-order valence-corrected chi connectivity index (χ2v) is 4.02. The lowest BCUT2D eigenvalue weighted by Crippen LogP contribution is -2.52. The molecule has 0 atom stereocenters. The number of rotatable bonds is 3. The average Bonchev–Trinajstić information content (AvgIpc) is 2.16. The van der Waals surface area contributed by atoms with Crippen LogP contribution >= 0.6 is 11.6 Å². The highest BCUT2D eigenvalue weighted by Crippen LogP contribution is 2.28. The summed E-state index contributed by atoms with van der Waals surface area (Å²) in [5.74, 6) is 0. The van der Waals surface area contributed by atoms with Crippen molar-refractivity contribution >= 4 is 23.6 Å². The fraction of sp³-hybridized carbons (Fsp3) is 0.364. The molecule has 80 valence electrons. The average molecular weight is 226 g/mol. The third kappa shape index (κ3) is 1.98. The third-order valence-electron chi connectivity index (χ3n) is 2.64. The maximum atomic E-state index is 10.8. The Balaban J connectivity index is 2.20. The minimum absolute atomic E-state index is 0.267. The summed E-state index contributed by atoms with van der Waals surface area (Å²) in [4.78, 5) is 12.9. The number of ether oxygens (including phenoxy) is 1. The van der Waals surface area contributed by atoms with E-state index in [1.807, 2.05) is 6.07 Å². The smallest absolute Gasteiger partial charge is 0.152 e. The van der Waals surface area contributed by atoms with Crippen LogP contribution in [0.4, 0.5) is 5.69 Å². The number of anilines is 1. The molecule has 4 heteroatoms. The largest absolute Gasteiger partial charge is 0.378 e. The van der Waals surface area contributed by atoms with Gasteiger partial charge < -0.3 is 9.64 Å². The number of methoxy groups -OCH3 is 1. The summed E-state index contributed by atoms with van der Waals surface area (Å²) in [5.41, 5.74) is 1.57. The van der Waals surface area contributed by atoms with Crippen LogP contribution in [0.1, 0.15) is 10.4 Å². The first kappa shape index (κ1) is 10.5. The van der Waals surface area contributed by atoms with E-state index in [0.29, 0.717) is 10.6 Å². The summed E-state index contributed by atoms with van der Waals surface area (Å²) in [6, 6.07) is 5.28. The van der Waals surface area contributed by atoms with Gasteiger partial charge in [-0.3, -0.25) is 4.79 Å². The minimum Gasteiger partial charge on any atom is -0.378 e. The van der Waals surface area contributed by atoms with E-state index in [1.54, 1.807) is 19.2 Å². The first-order valence-corrected chi connectivity index (χ1v) is 5.15. The van der Waals surface area contributed by atoms with Crippen molar-refractivity contribution in [2.24, 2.45) is 0 Å². The molecule has 1 fully saturated rings. The summed E-state index contributed by atoms with van der Waals surface area (Å²) in [6.45, 7) is 1.63. The van der Waals surface area contributed by atoms with E-state index in [-0.39, 0.29) is 6.10 Å². The Morgan fingerprint density at radius 3 is 2.87 bits per heavy atom. The van der Waals surface area contributed by atoms with Gasteiger partial charge in [0.15, 0.2) is 6.29 Å². The first-order valence-electron chi connectivity index (χ1n) is 4.77. The number of aldehydes is 1. The highest BCUT2D eigenvalue weighted by Gasteiger charge is 2.28. The summed E-state index contributed by atoms with van der Waals surface area (Å²) in [7, 11) is 1.70. The molecular formula is C11H12ClNO2. The van der Waals surface area contributed by atoms with E-state index in [1.165, 1.54) is 0 Å². The molecule has 1 saturated heterocycles. The fourth-order valence-electron chi connectivity index (χ4n) is 1.67. The molecule has 3 nitrogen and oxygen atoms in total. The van der Waals surface area contributed by atoms with Gasteiger partial charge in [-0.25, -0.2) is 0 Å². The van der Waals surface area contributed by atoms with Crippen LogP contribution in [0.2, 0.25) is 5.02 Å². The van der Waals surface area contributed by atoms with Gasteiger partial charge in [0, 0.05) is 36.5 Å². The summed E-state index contributed by atoms with van der Waals surface area (Å²) < 4.78 is 5.18. The molecule has 0 bridgehead atoms. The molecule has 1 aliphatic heterocycles. The zero-order valence-electron chi connectivity index (χ0n) is 8.44. The predicted molar refractivity (Wildman–Crippen MR) is 59.8 cm³/mol. The van der Waals surface area contributed by atoms with Crippen LogP contribution < -0.4 is 4.90 Å². The van der Waals surface area contributed by atoms with Crippen molar-refractivity contribution in [3.05, 3.63) is 28.8 Å². The molecule has 1 aromatic carbocycles. The molecule has 2 rings (SSSR count). The van der Waals surface area contributed by atoms with Gasteiger partial charge in [-0.1, -0.05) is 11.6 Å². The molecule has 0 unspecified atom stereocenters. The molecule has 1 aromatic rings. The summed E-state index contributed by atoms with van der Waals surface area (Å²) >= 11 is 5.90. The van der Waals surface area contributed by atoms with Crippen LogP contribution in [-0.4, -0.2) is 32.6 Å². The van der Waals surface area contributed by atoms with Crippen molar-refractivity contribution in [1.82, 2.24) is 0 Å². The molecule has 0 aromatic heterocycles. The number of hydrogen-bond acceptors (Lipinski definition) is 3. The molecule has 0 spiro atoms. The van der Waals surface area contributed by atoms with Crippen LogP contribution in [0.15, 0.2) is 18.2 Å². The molecule has 0 aliphatic carbocycles. The summed E-state index contributed by atoms with van der Waals surface area (Å²) in [5, 5.41) is 0.650. The molecular weight excluding hydrogens is 214 g/mol. The maximum absolute atomic E-state index is 10.8. The van der Waals surface area contributed by atoms with Crippen molar-refractivity contribution < 1.29 is 9.53 Å². The molecule has 15 heavy (non-hydrogen) atoms. The summed E-state index contributed by atoms with van der Waals surface area (Å²) in [6.07, 6.45) is 1.12. The van der Waals surface area contributed by atoms with Crippen molar-refractivity contribution in [3.8, 4) is 0 Å². The van der Waals surface area contributed by atoms with E-state index >= 15 is 0 Å². The number of carbonyl (C=O) groups excluding carboxylic acids is 1. The van der Waals surface area contributed by atoms with Crippen LogP contribution in [0.25, 0.3) is 0 Å². The van der Waals surface area contributed by atoms with Gasteiger partial charge in [0.1, 0.15) is 0 Å². The van der Waals surface area contributed by atoms with E-state index in [9.17, 15) is 4.79 Å². The molecule has 0 N–H and O–H groups in total. The van der Waals surface area contributed by atoms with Crippen molar-refractivity contribution in [3.63, 3.8) is 0 Å². The van der Waals surface area contributed by atoms with Gasteiger partial charge in [0.2, 0.25) is 0 Å². The third-order valence-corrected chi connectivity index (χ3v) is 2.88. The topological polar surface area (TPSA) is 29.5 Å². The second kappa shape index (κ2) is 4.21. The van der Waals surface area contributed by atoms with Gasteiger partial charge in [0.05, 0.1) is 6.10 Å². The van der Waals surface area contributed by atoms with Crippen LogP contribution in [-0.2, 0) is 4.74 Å². The number of hydrogen-bond donors (Lipinski definition) is 0. The van der Waals surface area contributed by atoms with Gasteiger partial charge in [-0.2, -0.15) is 0 Å². The highest BCUT2D eigenvalue weighted by molar-refractivity contribution is 6.31. The quantitative estimate of drug-likeness (QED) is 0.737. The standard InChI is InChI=1S/C11H12ClNO2/c1-15-10-5-13(6-10)11-4-9(12)3-2-8(11)7-14/h2-4,7,10H,5-6H2,1H3. The normalized spacial score (nSPS) is 16.3. The van der Waals surface area contributed by atoms with Crippen molar-refractivity contribution in [1.29, 1.82) is 0 Å². The molecule has 1 aliphatic rings. The van der Waals surface area contributed by atoms with Crippen LogP contribution in [0.3, 0.4) is 0 Å². The Morgan fingerprint density at radius 2 is 2.27 bits per heavy atom. The Bertz CT molecular complexity index is 375. The zero-order valence-corrected chi connectivity index (χ0v) is 9.20. The van der Waals surface area contributed by atoms with Crippen LogP contribution in [0, 0.1) is 0 Å². The monoisotopic (exact) mass is 225 g/mol. The minimum atomic E-state index is 0.267. The van der Waals surface area contributed by atoms with Gasteiger partial charge in [-0.15, -0.1) is 0 Å². The number of benzene rings is 1. The molecule has 0 amide bonds. The predicted octanol–water partition coefficient (Wildman–Crippen LogP) is 1.99. The Hall–Kier alpha value is -1.06. The number of nitrogens with zero attached hydrogens (tertiary/aromatic N) is 1. The lowest BCUT2D eigenvalue weighted by molar-refractivity contribution is 0.0786. The number of halogens is 1. The fourth-order valence-corrected chi connectivity index (χ4v) is 1.84.